The van der Waals surface area contributed by atoms with Gasteiger partial charge in [0.1, 0.15) is 7.11 Å². The summed E-state index contributed by atoms with van der Waals surface area (Å²) < 4.78 is 4.54. The van der Waals surface area contributed by atoms with Crippen LogP contribution in [0.2, 0.25) is 0 Å². The first-order chi connectivity index (χ1) is 8.41. The van der Waals surface area contributed by atoms with Crippen LogP contribution in [0.4, 0.5) is 0 Å². The summed E-state index contributed by atoms with van der Waals surface area (Å²) in [6.07, 6.45) is 22.5. The van der Waals surface area contributed by atoms with Crippen LogP contribution in [0.5, 0.6) is 0 Å². The molecule has 1 radical (unpaired) electrons. The summed E-state index contributed by atoms with van der Waals surface area (Å²) in [5.41, 5.74) is 0. The summed E-state index contributed by atoms with van der Waals surface area (Å²) in [5, 5.41) is 0. The summed E-state index contributed by atoms with van der Waals surface area (Å²) in [5.74, 6) is 0. The molecule has 17 heavy (non-hydrogen) atoms. The zero-order valence-corrected chi connectivity index (χ0v) is 11.2. The summed E-state index contributed by atoms with van der Waals surface area (Å²) in [4.78, 5) is 0. The fraction of sp³-hybridized carbons (Fsp3) is 0.562. The van der Waals surface area contributed by atoms with Gasteiger partial charge < -0.3 is 4.74 Å². The standard InChI is InChI=1S/C16H27O/c1-3-4-5-6-7-8-9-10-11-12-13-14-15-16-17-2/h11-16H,2-10H2,1H3. The van der Waals surface area contributed by atoms with Gasteiger partial charge in [0.2, 0.25) is 0 Å². The van der Waals surface area contributed by atoms with Crippen molar-refractivity contribution in [2.24, 2.45) is 0 Å². The van der Waals surface area contributed by atoms with Gasteiger partial charge in [-0.15, -0.1) is 0 Å². The monoisotopic (exact) mass is 235 g/mol. The molecule has 97 valence electrons. The molecule has 0 aliphatic rings. The van der Waals surface area contributed by atoms with E-state index in [1.165, 1.54) is 51.4 Å². The Morgan fingerprint density at radius 2 is 1.47 bits per heavy atom. The Morgan fingerprint density at radius 1 is 0.824 bits per heavy atom. The highest BCUT2D eigenvalue weighted by molar-refractivity contribution is 5.09. The van der Waals surface area contributed by atoms with E-state index in [1.807, 2.05) is 18.2 Å². The molecule has 0 unspecified atom stereocenters. The topological polar surface area (TPSA) is 9.23 Å². The predicted molar refractivity (Wildman–Crippen MR) is 76.5 cm³/mol. The Hall–Kier alpha value is -0.980. The van der Waals surface area contributed by atoms with Crippen LogP contribution < -0.4 is 0 Å². The van der Waals surface area contributed by atoms with Crippen LogP contribution in [0.1, 0.15) is 58.3 Å². The van der Waals surface area contributed by atoms with Crippen molar-refractivity contribution in [1.29, 1.82) is 0 Å². The van der Waals surface area contributed by atoms with E-state index < -0.39 is 0 Å². The van der Waals surface area contributed by atoms with Gasteiger partial charge in [-0.1, -0.05) is 69.8 Å². The first kappa shape index (κ1) is 16.0. The maximum Gasteiger partial charge on any atom is 0.121 e. The summed E-state index contributed by atoms with van der Waals surface area (Å²) in [7, 11) is 3.24. The van der Waals surface area contributed by atoms with E-state index in [4.69, 9.17) is 0 Å². The van der Waals surface area contributed by atoms with Crippen LogP contribution in [0, 0.1) is 7.11 Å². The van der Waals surface area contributed by atoms with E-state index in [2.05, 4.69) is 30.9 Å². The maximum absolute atomic E-state index is 4.54. The number of ether oxygens (including phenoxy) is 1. The fourth-order valence-electron chi connectivity index (χ4n) is 1.62. The molecule has 0 bridgehead atoms. The molecule has 0 heterocycles. The highest BCUT2D eigenvalue weighted by Gasteiger charge is 1.88. The van der Waals surface area contributed by atoms with Gasteiger partial charge in [0.05, 0.1) is 6.26 Å². The highest BCUT2D eigenvalue weighted by Crippen LogP contribution is 2.08. The van der Waals surface area contributed by atoms with Crippen molar-refractivity contribution in [2.75, 3.05) is 0 Å². The van der Waals surface area contributed by atoms with E-state index >= 15 is 0 Å². The van der Waals surface area contributed by atoms with Gasteiger partial charge >= 0.3 is 0 Å². The van der Waals surface area contributed by atoms with Gasteiger partial charge in [-0.25, -0.2) is 0 Å². The van der Waals surface area contributed by atoms with Gasteiger partial charge in [-0.3, -0.25) is 0 Å². The lowest BCUT2D eigenvalue weighted by Gasteiger charge is -1.98. The van der Waals surface area contributed by atoms with E-state index in [0.29, 0.717) is 0 Å². The largest absolute Gasteiger partial charge is 0.498 e. The molecule has 0 rings (SSSR count). The Balaban J connectivity index is 3.19. The Labute approximate surface area is 107 Å². The predicted octanol–water partition coefficient (Wildman–Crippen LogP) is 5.56. The number of allylic oxidation sites excluding steroid dienone is 5. The van der Waals surface area contributed by atoms with Gasteiger partial charge in [0.15, 0.2) is 0 Å². The highest BCUT2D eigenvalue weighted by atomic mass is 16.5. The van der Waals surface area contributed by atoms with Gasteiger partial charge in [-0.2, -0.15) is 0 Å². The molecule has 0 aromatic heterocycles. The minimum atomic E-state index is 1.19. The molecular weight excluding hydrogens is 208 g/mol. The third-order valence-corrected chi connectivity index (χ3v) is 2.62. The Morgan fingerprint density at radius 3 is 2.18 bits per heavy atom. The van der Waals surface area contributed by atoms with E-state index in [1.54, 1.807) is 6.26 Å². The minimum Gasteiger partial charge on any atom is -0.498 e. The molecule has 0 amide bonds. The lowest BCUT2D eigenvalue weighted by atomic mass is 10.1. The van der Waals surface area contributed by atoms with Crippen LogP contribution in [-0.2, 0) is 4.74 Å². The second-order valence-electron chi connectivity index (χ2n) is 4.22. The molecular formula is C16H27O. The molecule has 0 atom stereocenters. The number of hydrogen-bond donors (Lipinski definition) is 0. The summed E-state index contributed by atoms with van der Waals surface area (Å²) in [6.45, 7) is 2.26. The first-order valence-corrected chi connectivity index (χ1v) is 6.81. The number of rotatable bonds is 11. The second kappa shape index (κ2) is 15.0. The third-order valence-electron chi connectivity index (χ3n) is 2.62. The van der Waals surface area contributed by atoms with Crippen LogP contribution in [0.3, 0.4) is 0 Å². The molecule has 1 heteroatoms. The van der Waals surface area contributed by atoms with Crippen LogP contribution in [0.15, 0.2) is 36.6 Å². The Kier molecular flexibility index (Phi) is 14.2. The quantitative estimate of drug-likeness (QED) is 0.259. The van der Waals surface area contributed by atoms with Crippen molar-refractivity contribution in [1.82, 2.24) is 0 Å². The fourth-order valence-corrected chi connectivity index (χ4v) is 1.62. The van der Waals surface area contributed by atoms with Gasteiger partial charge in [-0.05, 0) is 18.9 Å². The maximum atomic E-state index is 4.54. The molecule has 0 aliphatic carbocycles. The Bertz CT molecular complexity index is 214. The molecule has 0 aromatic carbocycles. The van der Waals surface area contributed by atoms with Crippen molar-refractivity contribution in [3.63, 3.8) is 0 Å². The minimum absolute atomic E-state index is 1.19. The van der Waals surface area contributed by atoms with Crippen molar-refractivity contribution in [3.05, 3.63) is 43.8 Å². The molecule has 0 fully saturated rings. The zero-order valence-electron chi connectivity index (χ0n) is 11.2. The lowest BCUT2D eigenvalue weighted by Crippen LogP contribution is -1.78. The second-order valence-corrected chi connectivity index (χ2v) is 4.22. The van der Waals surface area contributed by atoms with Crippen molar-refractivity contribution in [3.8, 4) is 0 Å². The molecule has 0 aromatic rings. The summed E-state index contributed by atoms with van der Waals surface area (Å²) >= 11 is 0. The molecule has 0 spiro atoms. The van der Waals surface area contributed by atoms with Crippen molar-refractivity contribution < 1.29 is 4.74 Å². The average Bonchev–Trinajstić information content (AvgIpc) is 2.35. The average molecular weight is 235 g/mol. The molecule has 0 saturated heterocycles. The normalized spacial score (nSPS) is 12.1. The molecule has 1 nitrogen and oxygen atoms in total. The van der Waals surface area contributed by atoms with Crippen LogP contribution in [0.25, 0.3) is 0 Å². The molecule has 0 N–H and O–H groups in total. The van der Waals surface area contributed by atoms with E-state index in [0.717, 1.165) is 0 Å². The summed E-state index contributed by atoms with van der Waals surface area (Å²) in [6, 6.07) is 0. The van der Waals surface area contributed by atoms with Crippen LogP contribution >= 0.6 is 0 Å². The van der Waals surface area contributed by atoms with Crippen molar-refractivity contribution in [2.45, 2.75) is 58.3 Å². The molecule has 0 aliphatic heterocycles. The SMILES string of the molecule is [CH2]OC=CC=CC=CCCCCCCCCC. The first-order valence-electron chi connectivity index (χ1n) is 6.81. The number of hydrogen-bond acceptors (Lipinski definition) is 1. The van der Waals surface area contributed by atoms with E-state index in [9.17, 15) is 0 Å². The molecule has 0 saturated carbocycles. The van der Waals surface area contributed by atoms with Crippen LogP contribution in [-0.4, -0.2) is 0 Å². The van der Waals surface area contributed by atoms with Crippen molar-refractivity contribution >= 4 is 0 Å². The third kappa shape index (κ3) is 15.0. The van der Waals surface area contributed by atoms with Gasteiger partial charge in [0, 0.05) is 0 Å². The zero-order chi connectivity index (χ0) is 12.6. The smallest absolute Gasteiger partial charge is 0.121 e. The van der Waals surface area contributed by atoms with E-state index in [-0.39, 0.29) is 0 Å². The lowest BCUT2D eigenvalue weighted by molar-refractivity contribution is 0.394. The number of unbranched alkanes of at least 4 members (excludes halogenated alkanes) is 7. The van der Waals surface area contributed by atoms with Gasteiger partial charge in [0.25, 0.3) is 0 Å².